The summed E-state index contributed by atoms with van der Waals surface area (Å²) in [7, 11) is -29.8. The number of ether oxygens (including phenoxy) is 8. The summed E-state index contributed by atoms with van der Waals surface area (Å²) in [6.45, 7) is -1.66. The van der Waals surface area contributed by atoms with Gasteiger partial charge in [0, 0.05) is 32.7 Å². The van der Waals surface area contributed by atoms with Crippen LogP contribution in [0.2, 0.25) is 0 Å². The first-order chi connectivity index (χ1) is 42.4. The van der Waals surface area contributed by atoms with Gasteiger partial charge < -0.3 is 158 Å². The van der Waals surface area contributed by atoms with Gasteiger partial charge in [0.25, 0.3) is 0 Å². The Balaban J connectivity index is -0.000000121. The Labute approximate surface area is 798 Å². The molecule has 0 aromatic heterocycles. The maximum absolute atomic E-state index is 11.4. The monoisotopic (exact) mass is 1740 g/mol. The molecule has 5 fully saturated rings. The number of aliphatic carboxylic acids is 2. The van der Waals surface area contributed by atoms with Crippen molar-refractivity contribution in [1.29, 1.82) is 0 Å². The number of nitrogens with one attached hydrogen (secondary N) is 3. The van der Waals surface area contributed by atoms with Crippen molar-refractivity contribution < 1.29 is 490 Å². The third-order valence-electron chi connectivity index (χ3n) is 12.2. The fourth-order valence-electron chi connectivity index (χ4n) is 8.39. The van der Waals surface area contributed by atoms with Gasteiger partial charge in [0.2, 0.25) is 47.5 Å². The quantitative estimate of drug-likeness (QED) is 0.0207. The van der Waals surface area contributed by atoms with Crippen molar-refractivity contribution >= 4 is 86.5 Å². The topological polar surface area (TPSA) is 884 Å². The van der Waals surface area contributed by atoms with E-state index in [1.54, 1.807) is 9.44 Å². The van der Waals surface area contributed by atoms with Crippen molar-refractivity contribution in [3.05, 3.63) is 11.8 Å². The maximum atomic E-state index is 11.4. The second-order valence-corrected chi connectivity index (χ2v) is 25.8. The molecule has 0 saturated carbocycles. The molecule has 5 saturated heterocycles. The van der Waals surface area contributed by atoms with Gasteiger partial charge in [-0.25, -0.2) is 60.0 Å². The Morgan fingerprint density at radius 3 is 1.28 bits per heavy atom. The molecule has 570 valence electrons. The molecule has 0 bridgehead atoms. The summed E-state index contributed by atoms with van der Waals surface area (Å²) < 4.78 is 250. The minimum absolute atomic E-state index is 0. The standard InChI is InChI=1S/C14H23NO13S.C11H21NO13S2.C7H15NO9S2.C6H8O8S.CH2O2.9Na.3H2O/c1-5(16)15-9-7(17)2-6(3-26-29(22,23)24)27-14(9)28-11-10(19)8(18)4-25-12(11)13(20)21;13-6-1-5(2-23-27(19,20)21)24-11(9(6)12-26(16,17)18)25-8-4-22-3-7(14)10(8)15;1-4-7(8-18(10,11)12)6(9)2-5(17-4)3-16-19(13,14)15;7-3-1-4(6(8)9)13-2-5(3)14-15(10,11)12;2-1-3;;;;;;;;;;;;/h6-12,14,17-19H,2-4H2,1H3,(H,15,16)(H,20,21)(H,22,23,24);5-15H,1-4H2,(H,16,17,18)(H,19,20,21);4-9H,2-3H2,1H3,(H,10,11,12)(H,13,14,15);1,3,5,7H,2H2,(H,8,9)(H,10,11,12);1H,(H,2,3);;;;;;;;;;3*1H2/q;;;;;9*+1;;;/p-9. The van der Waals surface area contributed by atoms with Crippen LogP contribution in [0.1, 0.15) is 33.1 Å². The number of aliphatic hydroxyl groups is 8. The van der Waals surface area contributed by atoms with Gasteiger partial charge in [0.05, 0.1) is 100 Å². The zero-order chi connectivity index (χ0) is 71.5. The molecule has 21 unspecified atom stereocenters. The summed E-state index contributed by atoms with van der Waals surface area (Å²) >= 11 is 0. The summed E-state index contributed by atoms with van der Waals surface area (Å²) in [5.41, 5.74) is 0. The van der Waals surface area contributed by atoms with E-state index < -0.39 is 260 Å². The van der Waals surface area contributed by atoms with Gasteiger partial charge in [0.15, 0.2) is 33.2 Å². The van der Waals surface area contributed by atoms with Crippen molar-refractivity contribution in [2.45, 2.75) is 161 Å². The van der Waals surface area contributed by atoms with E-state index >= 15 is 0 Å². The van der Waals surface area contributed by atoms with E-state index in [0.29, 0.717) is 6.08 Å². The summed E-state index contributed by atoms with van der Waals surface area (Å²) in [6, 6.07) is -4.03. The molecule has 1 amide bonds. The molecule has 0 aromatic rings. The van der Waals surface area contributed by atoms with E-state index in [0.717, 1.165) is 6.92 Å². The van der Waals surface area contributed by atoms with Crippen LogP contribution in [0.3, 0.4) is 0 Å². The van der Waals surface area contributed by atoms with Crippen LogP contribution in [0, 0.1) is 0 Å². The number of hydrogen-bond donors (Lipinski definition) is 11. The number of carbonyl (C=O) groups excluding carboxylic acids is 4. The molecule has 51 nitrogen and oxygen atoms in total. The molecule has 21 atom stereocenters. The van der Waals surface area contributed by atoms with E-state index in [4.69, 9.17) is 43.1 Å². The fourth-order valence-corrected chi connectivity index (χ4v) is 11.1. The maximum Gasteiger partial charge on any atom is 1.00 e. The summed E-state index contributed by atoms with van der Waals surface area (Å²) in [4.78, 5) is 41.2. The molecule has 6 aliphatic heterocycles. The third kappa shape index (κ3) is 55.4. The average Bonchev–Trinajstić information content (AvgIpc) is 0.821. The van der Waals surface area contributed by atoms with Crippen LogP contribution in [-0.2, 0) is 136 Å². The van der Waals surface area contributed by atoms with Crippen LogP contribution >= 0.6 is 0 Å². The van der Waals surface area contributed by atoms with Gasteiger partial charge in [-0.05, 0) is 13.0 Å². The van der Waals surface area contributed by atoms with Gasteiger partial charge in [-0.2, -0.15) is 0 Å². The number of aliphatic hydroxyl groups excluding tert-OH is 8. The molecule has 0 spiro atoms. The van der Waals surface area contributed by atoms with E-state index in [2.05, 4.69) is 26.8 Å². The van der Waals surface area contributed by atoms with Crippen LogP contribution in [0.4, 0.5) is 0 Å². The Kier molecular flexibility index (Phi) is 78.8. The number of hydrogen-bond acceptors (Lipinski definition) is 45. The molecule has 6 aliphatic rings. The van der Waals surface area contributed by atoms with Crippen molar-refractivity contribution in [1.82, 2.24) is 14.8 Å². The molecular weight excluding hydrogens is 1680 g/mol. The smallest absolute Gasteiger partial charge is 0.735 e. The van der Waals surface area contributed by atoms with Gasteiger partial charge in [0.1, 0.15) is 79.3 Å². The molecule has 0 radical (unpaired) electrons. The second kappa shape index (κ2) is 62.1. The zero-order valence-electron chi connectivity index (χ0n) is 57.5. The minimum Gasteiger partial charge on any atom is -0.735 e. The Hall–Kier alpha value is 4.92. The van der Waals surface area contributed by atoms with Crippen LogP contribution in [0.5, 0.6) is 0 Å². The SMILES string of the molecule is CC(=O)NC1C(O)CC(COS(=O)(=O)[O-])OC1OC1C(C(=O)[O-])OCC(O)C1O.CC1OC(COS(=O)(=O)[O-])CC(O)C1NS(=O)(=O)[O-].O.O.O.O=C([O-])C1=CC(O)C(OS(=O)(=O)[O-])CO1.O=C[O-].O=S(=O)([O-])NC1C(O)CC(COS(=O)(=O)[O-])OC1OC1COCC(O)C1O.[Na+].[Na+].[Na+].[Na+].[Na+].[Na+].[Na+].[Na+].[Na+]. The van der Waals surface area contributed by atoms with Crippen molar-refractivity contribution in [3.8, 4) is 0 Å². The molecule has 17 N–H and O–H groups in total. The third-order valence-corrected chi connectivity index (χ3v) is 15.1. The zero-order valence-corrected chi connectivity index (χ0v) is 80.4. The molecule has 6 heterocycles. The van der Waals surface area contributed by atoms with Gasteiger partial charge >= 0.3 is 266 Å². The first-order valence-electron chi connectivity index (χ1n) is 25.3. The predicted octanol–water partition coefficient (Wildman–Crippen LogP) is -46.6. The molecular formula is C39H66N3Na9O48S6. The largest absolute Gasteiger partial charge is 1.00 e. The summed E-state index contributed by atoms with van der Waals surface area (Å²) in [5, 5.41) is 111. The van der Waals surface area contributed by atoms with E-state index in [1.807, 2.05) is 0 Å². The van der Waals surface area contributed by atoms with Crippen LogP contribution in [-0.4, -0.2) is 334 Å². The van der Waals surface area contributed by atoms with Gasteiger partial charge in [-0.15, -0.1) is 0 Å². The second-order valence-electron chi connectivity index (χ2n) is 19.4. The molecule has 105 heavy (non-hydrogen) atoms. The van der Waals surface area contributed by atoms with Crippen LogP contribution in [0.25, 0.3) is 0 Å². The number of carboxylic acids is 2. The molecule has 66 heteroatoms. The molecule has 6 rings (SSSR count). The van der Waals surface area contributed by atoms with Crippen molar-refractivity contribution in [3.63, 3.8) is 0 Å². The van der Waals surface area contributed by atoms with E-state index in [1.165, 1.54) is 6.92 Å². The Morgan fingerprint density at radius 1 is 0.533 bits per heavy atom. The Morgan fingerprint density at radius 2 is 0.914 bits per heavy atom. The Bertz CT molecular complexity index is 3180. The van der Waals surface area contributed by atoms with E-state index in [9.17, 15) is 143 Å². The summed E-state index contributed by atoms with van der Waals surface area (Å²) in [5.74, 6) is -4.66. The number of carboxylic acid groups (broad SMARTS) is 3. The first kappa shape index (κ1) is 133. The van der Waals surface area contributed by atoms with Crippen molar-refractivity contribution in [2.75, 3.05) is 46.2 Å². The number of rotatable bonds is 22. The average molecular weight is 1740 g/mol. The van der Waals surface area contributed by atoms with Gasteiger partial charge in [-0.3, -0.25) is 21.5 Å². The fraction of sp³-hybridized carbons (Fsp3) is 0.846. The molecule has 0 aliphatic carbocycles. The predicted molar refractivity (Wildman–Crippen MR) is 277 cm³/mol. The first-order valence-corrected chi connectivity index (χ1v) is 33.5. The summed E-state index contributed by atoms with van der Waals surface area (Å²) in [6.07, 6.45) is -25.7. The van der Waals surface area contributed by atoms with Crippen LogP contribution in [0.15, 0.2) is 11.8 Å². The number of carbonyl (C=O) groups is 4. The normalized spacial score (nSPS) is 30.5. The van der Waals surface area contributed by atoms with E-state index in [-0.39, 0.29) is 308 Å². The number of amides is 1. The van der Waals surface area contributed by atoms with Gasteiger partial charge in [-0.1, -0.05) is 0 Å². The van der Waals surface area contributed by atoms with Crippen molar-refractivity contribution in [2.24, 2.45) is 0 Å². The van der Waals surface area contributed by atoms with Crippen LogP contribution < -0.4 is 296 Å². The minimum atomic E-state index is -5.06. The molecule has 0 aromatic carbocycles.